The fourth-order valence-electron chi connectivity index (χ4n) is 1.76. The Balaban J connectivity index is 2.28. The van der Waals surface area contributed by atoms with Crippen molar-refractivity contribution in [2.75, 3.05) is 26.0 Å². The zero-order valence-corrected chi connectivity index (χ0v) is 12.9. The SMILES string of the molecule is CCC(CCO)CNC(=O)CSc1ccc(OC)cc1. The number of nitrogens with one attached hydrogen (secondary N) is 1. The Morgan fingerprint density at radius 2 is 2.10 bits per heavy atom. The summed E-state index contributed by atoms with van der Waals surface area (Å²) < 4.78 is 5.09. The van der Waals surface area contributed by atoms with Crippen molar-refractivity contribution in [1.29, 1.82) is 0 Å². The Morgan fingerprint density at radius 3 is 2.65 bits per heavy atom. The minimum absolute atomic E-state index is 0.0298. The van der Waals surface area contributed by atoms with Gasteiger partial charge in [-0.05, 0) is 36.6 Å². The molecule has 1 aromatic rings. The minimum Gasteiger partial charge on any atom is -0.497 e. The summed E-state index contributed by atoms with van der Waals surface area (Å²) in [5.74, 6) is 1.60. The Bertz CT molecular complexity index is 395. The molecule has 0 heterocycles. The predicted molar refractivity (Wildman–Crippen MR) is 82.2 cm³/mol. The molecule has 0 aliphatic rings. The number of hydrogen-bond acceptors (Lipinski definition) is 4. The molecule has 20 heavy (non-hydrogen) atoms. The second-order valence-corrected chi connectivity index (χ2v) is 5.60. The van der Waals surface area contributed by atoms with E-state index in [0.29, 0.717) is 18.2 Å². The van der Waals surface area contributed by atoms with E-state index in [1.807, 2.05) is 24.3 Å². The van der Waals surface area contributed by atoms with Crippen molar-refractivity contribution < 1.29 is 14.6 Å². The average Bonchev–Trinajstić information content (AvgIpc) is 2.49. The molecule has 2 N–H and O–H groups in total. The third kappa shape index (κ3) is 6.30. The molecule has 1 unspecified atom stereocenters. The number of amides is 1. The van der Waals surface area contributed by atoms with Gasteiger partial charge in [-0.25, -0.2) is 0 Å². The third-order valence-electron chi connectivity index (χ3n) is 3.13. The number of ether oxygens (including phenoxy) is 1. The molecule has 5 heteroatoms. The van der Waals surface area contributed by atoms with Gasteiger partial charge in [-0.1, -0.05) is 13.3 Å². The van der Waals surface area contributed by atoms with E-state index in [4.69, 9.17) is 9.84 Å². The summed E-state index contributed by atoms with van der Waals surface area (Å²) in [5.41, 5.74) is 0. The smallest absolute Gasteiger partial charge is 0.230 e. The van der Waals surface area contributed by atoms with Gasteiger partial charge in [-0.2, -0.15) is 0 Å². The van der Waals surface area contributed by atoms with Gasteiger partial charge in [-0.3, -0.25) is 4.79 Å². The van der Waals surface area contributed by atoms with E-state index in [1.54, 1.807) is 7.11 Å². The van der Waals surface area contributed by atoms with Gasteiger partial charge in [0.2, 0.25) is 5.91 Å². The molecule has 0 spiro atoms. The fourth-order valence-corrected chi connectivity index (χ4v) is 2.49. The van der Waals surface area contributed by atoms with E-state index in [-0.39, 0.29) is 12.5 Å². The number of hydrogen-bond donors (Lipinski definition) is 2. The standard InChI is InChI=1S/C15H23NO3S/c1-3-12(8-9-17)10-16-15(18)11-20-14-6-4-13(19-2)5-7-14/h4-7,12,17H,3,8-11H2,1-2H3,(H,16,18). The molecule has 1 aromatic carbocycles. The van der Waals surface area contributed by atoms with Crippen molar-refractivity contribution in [2.24, 2.45) is 5.92 Å². The summed E-state index contributed by atoms with van der Waals surface area (Å²) >= 11 is 1.50. The highest BCUT2D eigenvalue weighted by Crippen LogP contribution is 2.20. The summed E-state index contributed by atoms with van der Waals surface area (Å²) in [6.07, 6.45) is 1.70. The van der Waals surface area contributed by atoms with E-state index in [9.17, 15) is 4.79 Å². The van der Waals surface area contributed by atoms with Gasteiger partial charge in [0, 0.05) is 18.0 Å². The maximum absolute atomic E-state index is 11.7. The van der Waals surface area contributed by atoms with E-state index in [2.05, 4.69) is 12.2 Å². The second-order valence-electron chi connectivity index (χ2n) is 4.55. The summed E-state index contributed by atoms with van der Waals surface area (Å²) in [6.45, 7) is 2.88. The molecule has 1 atom stereocenters. The van der Waals surface area contributed by atoms with Crippen LogP contribution in [0.2, 0.25) is 0 Å². The Labute approximate surface area is 124 Å². The van der Waals surface area contributed by atoms with Gasteiger partial charge in [0.15, 0.2) is 0 Å². The number of carbonyl (C=O) groups excluding carboxylic acids is 1. The number of aliphatic hydroxyl groups excluding tert-OH is 1. The van der Waals surface area contributed by atoms with Crippen LogP contribution in [0.3, 0.4) is 0 Å². The van der Waals surface area contributed by atoms with E-state index >= 15 is 0 Å². The summed E-state index contributed by atoms with van der Waals surface area (Å²) in [5, 5.41) is 11.8. The molecule has 4 nitrogen and oxygen atoms in total. The topological polar surface area (TPSA) is 58.6 Å². The first-order valence-corrected chi connectivity index (χ1v) is 7.82. The zero-order valence-electron chi connectivity index (χ0n) is 12.1. The van der Waals surface area contributed by atoms with E-state index in [0.717, 1.165) is 23.5 Å². The average molecular weight is 297 g/mol. The molecule has 1 amide bonds. The maximum Gasteiger partial charge on any atom is 0.230 e. The van der Waals surface area contributed by atoms with Crippen molar-refractivity contribution in [3.63, 3.8) is 0 Å². The van der Waals surface area contributed by atoms with Crippen LogP contribution in [0.4, 0.5) is 0 Å². The number of thioether (sulfide) groups is 1. The summed E-state index contributed by atoms with van der Waals surface area (Å²) in [6, 6.07) is 7.65. The van der Waals surface area contributed by atoms with Gasteiger partial charge in [0.05, 0.1) is 12.9 Å². The molecule has 0 fully saturated rings. The molecule has 112 valence electrons. The van der Waals surface area contributed by atoms with E-state index in [1.165, 1.54) is 11.8 Å². The van der Waals surface area contributed by atoms with Crippen LogP contribution in [0, 0.1) is 5.92 Å². The van der Waals surface area contributed by atoms with Crippen molar-refractivity contribution >= 4 is 17.7 Å². The first-order chi connectivity index (χ1) is 9.69. The molecule has 0 aliphatic heterocycles. The van der Waals surface area contributed by atoms with Crippen LogP contribution in [0.15, 0.2) is 29.2 Å². The number of methoxy groups -OCH3 is 1. The quantitative estimate of drug-likeness (QED) is 0.687. The molecule has 0 saturated carbocycles. The highest BCUT2D eigenvalue weighted by molar-refractivity contribution is 8.00. The number of benzene rings is 1. The second kappa shape index (κ2) is 9.66. The monoisotopic (exact) mass is 297 g/mol. The minimum atomic E-state index is 0.0298. The predicted octanol–water partition coefficient (Wildman–Crippen LogP) is 2.31. The van der Waals surface area contributed by atoms with Crippen LogP contribution in [0.25, 0.3) is 0 Å². The lowest BCUT2D eigenvalue weighted by atomic mass is 10.0. The Kier molecular flexibility index (Phi) is 8.14. The zero-order chi connectivity index (χ0) is 14.8. The Morgan fingerprint density at radius 1 is 1.40 bits per heavy atom. The number of aliphatic hydroxyl groups is 1. The van der Waals surface area contributed by atoms with Crippen molar-refractivity contribution in [1.82, 2.24) is 5.32 Å². The van der Waals surface area contributed by atoms with Crippen LogP contribution in [0.5, 0.6) is 5.75 Å². The molecule has 0 aromatic heterocycles. The first-order valence-electron chi connectivity index (χ1n) is 6.84. The first kappa shape index (κ1) is 16.9. The van der Waals surface area contributed by atoms with Crippen LogP contribution in [-0.2, 0) is 4.79 Å². The van der Waals surface area contributed by atoms with Gasteiger partial charge in [0.1, 0.15) is 5.75 Å². The van der Waals surface area contributed by atoms with Gasteiger partial charge in [0.25, 0.3) is 0 Å². The highest BCUT2D eigenvalue weighted by Gasteiger charge is 2.08. The molecule has 0 aliphatic carbocycles. The van der Waals surface area contributed by atoms with E-state index < -0.39 is 0 Å². The lowest BCUT2D eigenvalue weighted by molar-refractivity contribution is -0.118. The van der Waals surface area contributed by atoms with Gasteiger partial charge in [-0.15, -0.1) is 11.8 Å². The molecule has 0 saturated heterocycles. The lowest BCUT2D eigenvalue weighted by Crippen LogP contribution is -2.30. The number of rotatable bonds is 9. The normalized spacial score (nSPS) is 11.9. The summed E-state index contributed by atoms with van der Waals surface area (Å²) in [4.78, 5) is 12.8. The molecule has 0 bridgehead atoms. The molecular formula is C15H23NO3S. The summed E-state index contributed by atoms with van der Waals surface area (Å²) in [7, 11) is 1.63. The fraction of sp³-hybridized carbons (Fsp3) is 0.533. The van der Waals surface area contributed by atoms with Crippen LogP contribution < -0.4 is 10.1 Å². The molecular weight excluding hydrogens is 274 g/mol. The van der Waals surface area contributed by atoms with Crippen molar-refractivity contribution in [2.45, 2.75) is 24.7 Å². The highest BCUT2D eigenvalue weighted by atomic mass is 32.2. The van der Waals surface area contributed by atoms with Crippen molar-refractivity contribution in [3.05, 3.63) is 24.3 Å². The molecule has 1 rings (SSSR count). The van der Waals surface area contributed by atoms with Crippen LogP contribution >= 0.6 is 11.8 Å². The third-order valence-corrected chi connectivity index (χ3v) is 4.14. The lowest BCUT2D eigenvalue weighted by Gasteiger charge is -2.14. The molecule has 0 radical (unpaired) electrons. The Hall–Kier alpha value is -1.20. The van der Waals surface area contributed by atoms with Gasteiger partial charge < -0.3 is 15.2 Å². The van der Waals surface area contributed by atoms with Crippen LogP contribution in [-0.4, -0.2) is 37.0 Å². The van der Waals surface area contributed by atoms with Gasteiger partial charge >= 0.3 is 0 Å². The number of carbonyl (C=O) groups is 1. The van der Waals surface area contributed by atoms with Crippen molar-refractivity contribution in [3.8, 4) is 5.75 Å². The maximum atomic E-state index is 11.7. The van der Waals surface area contributed by atoms with Crippen LogP contribution in [0.1, 0.15) is 19.8 Å². The largest absolute Gasteiger partial charge is 0.497 e.